The minimum absolute atomic E-state index is 0. The Labute approximate surface area is 129 Å². The van der Waals surface area contributed by atoms with E-state index < -0.39 is 17.5 Å². The molecule has 1 atom stereocenters. The minimum atomic E-state index is -0.851. The third kappa shape index (κ3) is 3.35. The zero-order valence-corrected chi connectivity index (χ0v) is 12.6. The summed E-state index contributed by atoms with van der Waals surface area (Å²) in [5, 5.41) is 3.25. The van der Waals surface area contributed by atoms with Crippen molar-refractivity contribution in [2.75, 3.05) is 26.2 Å². The van der Waals surface area contributed by atoms with Crippen LogP contribution < -0.4 is 5.32 Å². The average Bonchev–Trinajstić information content (AvgIpc) is 2.35. The first-order chi connectivity index (χ1) is 9.66. The lowest BCUT2D eigenvalue weighted by molar-refractivity contribution is 0.0783. The van der Waals surface area contributed by atoms with E-state index in [1.165, 1.54) is 0 Å². The molecule has 2 nitrogen and oxygen atoms in total. The summed E-state index contributed by atoms with van der Waals surface area (Å²) in [5.74, 6) is -2.07. The maximum absolute atomic E-state index is 14.1. The third-order valence-corrected chi connectivity index (χ3v) is 4.48. The maximum Gasteiger partial charge on any atom is 0.133 e. The molecule has 1 N–H and O–H groups in total. The summed E-state index contributed by atoms with van der Waals surface area (Å²) in [7, 11) is 0. The van der Waals surface area contributed by atoms with Crippen molar-refractivity contribution in [3.05, 3.63) is 35.1 Å². The van der Waals surface area contributed by atoms with Gasteiger partial charge in [0.2, 0.25) is 0 Å². The van der Waals surface area contributed by atoms with Crippen LogP contribution in [-0.2, 0) is 0 Å². The first kappa shape index (κ1) is 16.6. The predicted octanol–water partition coefficient (Wildman–Crippen LogP) is 3.27. The van der Waals surface area contributed by atoms with Crippen LogP contribution in [0, 0.1) is 23.4 Å². The largest absolute Gasteiger partial charge is 0.314 e. The van der Waals surface area contributed by atoms with E-state index in [0.717, 1.165) is 57.6 Å². The van der Waals surface area contributed by atoms with Crippen LogP contribution in [0.5, 0.6) is 0 Å². The molecule has 3 rings (SSSR count). The number of hydrogen-bond acceptors (Lipinski definition) is 2. The van der Waals surface area contributed by atoms with E-state index in [0.29, 0.717) is 0 Å². The molecule has 0 unspecified atom stereocenters. The Morgan fingerprint density at radius 3 is 2.10 bits per heavy atom. The Bertz CT molecular complexity index is 465. The molecule has 1 saturated carbocycles. The highest BCUT2D eigenvalue weighted by molar-refractivity contribution is 5.85. The first-order valence-electron chi connectivity index (χ1n) is 7.26. The van der Waals surface area contributed by atoms with Gasteiger partial charge in [0.25, 0.3) is 0 Å². The average molecular weight is 321 g/mol. The minimum Gasteiger partial charge on any atom is -0.314 e. The lowest BCUT2D eigenvalue weighted by Gasteiger charge is -2.43. The predicted molar refractivity (Wildman–Crippen MR) is 78.1 cm³/mol. The summed E-state index contributed by atoms with van der Waals surface area (Å²) in [5.41, 5.74) is 0.0537. The Morgan fingerprint density at radius 1 is 1.05 bits per heavy atom. The molecule has 0 amide bonds. The van der Waals surface area contributed by atoms with Crippen LogP contribution in [0.15, 0.2) is 12.1 Å². The van der Waals surface area contributed by atoms with Gasteiger partial charge in [0, 0.05) is 49.9 Å². The number of hydrogen-bond donors (Lipinski definition) is 1. The topological polar surface area (TPSA) is 15.3 Å². The Balaban J connectivity index is 0.00000161. The monoisotopic (exact) mass is 320 g/mol. The molecule has 1 saturated heterocycles. The molecule has 0 radical (unpaired) electrons. The molecule has 0 bridgehead atoms. The molecule has 2 aliphatic rings. The van der Waals surface area contributed by atoms with E-state index in [2.05, 4.69) is 10.2 Å². The molecule has 0 spiro atoms. The SMILES string of the molecule is Cl.Fc1cc(F)c([C@H](C2CCC2)N2CCNCC2)c(F)c1. The van der Waals surface area contributed by atoms with Crippen LogP contribution in [0.4, 0.5) is 13.2 Å². The van der Waals surface area contributed by atoms with Crippen molar-refractivity contribution in [2.45, 2.75) is 25.3 Å². The highest BCUT2D eigenvalue weighted by Crippen LogP contribution is 2.43. The lowest BCUT2D eigenvalue weighted by Crippen LogP contribution is -2.48. The molecule has 1 aromatic carbocycles. The molecule has 1 aliphatic heterocycles. The van der Waals surface area contributed by atoms with Crippen LogP contribution >= 0.6 is 12.4 Å². The zero-order chi connectivity index (χ0) is 14.1. The summed E-state index contributed by atoms with van der Waals surface area (Å²) in [6.45, 7) is 3.20. The first-order valence-corrected chi connectivity index (χ1v) is 7.26. The fraction of sp³-hybridized carbons (Fsp3) is 0.600. The molecular weight excluding hydrogens is 301 g/mol. The molecule has 6 heteroatoms. The number of rotatable bonds is 3. The summed E-state index contributed by atoms with van der Waals surface area (Å²) >= 11 is 0. The lowest BCUT2D eigenvalue weighted by atomic mass is 9.76. The number of benzene rings is 1. The van der Waals surface area contributed by atoms with E-state index in [9.17, 15) is 13.2 Å². The molecule has 1 aliphatic carbocycles. The van der Waals surface area contributed by atoms with Gasteiger partial charge in [0.15, 0.2) is 0 Å². The molecule has 2 fully saturated rings. The van der Waals surface area contributed by atoms with E-state index in [1.807, 2.05) is 0 Å². The Morgan fingerprint density at radius 2 is 1.62 bits per heavy atom. The van der Waals surface area contributed by atoms with Crippen molar-refractivity contribution in [1.82, 2.24) is 10.2 Å². The molecule has 1 aromatic rings. The van der Waals surface area contributed by atoms with Crippen molar-refractivity contribution >= 4 is 12.4 Å². The molecule has 118 valence electrons. The normalized spacial score (nSPS) is 21.5. The summed E-state index contributed by atoms with van der Waals surface area (Å²) in [6, 6.07) is 1.34. The van der Waals surface area contributed by atoms with Gasteiger partial charge in [-0.3, -0.25) is 4.90 Å². The van der Waals surface area contributed by atoms with Gasteiger partial charge in [0.1, 0.15) is 17.5 Å². The van der Waals surface area contributed by atoms with Gasteiger partial charge in [-0.1, -0.05) is 6.42 Å². The number of halogens is 4. The fourth-order valence-electron chi connectivity index (χ4n) is 3.27. The van der Waals surface area contributed by atoms with E-state index in [1.54, 1.807) is 0 Å². The van der Waals surface area contributed by atoms with Gasteiger partial charge >= 0.3 is 0 Å². The van der Waals surface area contributed by atoms with E-state index in [4.69, 9.17) is 0 Å². The Kier molecular flexibility index (Phi) is 5.52. The quantitative estimate of drug-likeness (QED) is 0.919. The van der Waals surface area contributed by atoms with Crippen LogP contribution in [0.3, 0.4) is 0 Å². The van der Waals surface area contributed by atoms with Gasteiger partial charge in [-0.2, -0.15) is 0 Å². The number of nitrogens with zero attached hydrogens (tertiary/aromatic N) is 1. The smallest absolute Gasteiger partial charge is 0.133 e. The van der Waals surface area contributed by atoms with Crippen molar-refractivity contribution in [1.29, 1.82) is 0 Å². The highest BCUT2D eigenvalue weighted by Gasteiger charge is 2.37. The molecular formula is C15H20ClF3N2. The van der Waals surface area contributed by atoms with Crippen LogP contribution in [-0.4, -0.2) is 31.1 Å². The summed E-state index contributed by atoms with van der Waals surface area (Å²) in [4.78, 5) is 2.14. The van der Waals surface area contributed by atoms with Crippen molar-refractivity contribution in [3.8, 4) is 0 Å². The Hall–Kier alpha value is -0.780. The van der Waals surface area contributed by atoms with Gasteiger partial charge in [0.05, 0.1) is 0 Å². The fourth-order valence-corrected chi connectivity index (χ4v) is 3.27. The molecule has 0 aromatic heterocycles. The van der Waals surface area contributed by atoms with Crippen LogP contribution in [0.25, 0.3) is 0 Å². The summed E-state index contributed by atoms with van der Waals surface area (Å²) < 4.78 is 41.3. The number of nitrogens with one attached hydrogen (secondary N) is 1. The van der Waals surface area contributed by atoms with E-state index >= 15 is 0 Å². The van der Waals surface area contributed by atoms with Gasteiger partial charge in [-0.25, -0.2) is 13.2 Å². The third-order valence-electron chi connectivity index (χ3n) is 4.48. The van der Waals surface area contributed by atoms with Crippen LogP contribution in [0.2, 0.25) is 0 Å². The molecule has 21 heavy (non-hydrogen) atoms. The van der Waals surface area contributed by atoms with Crippen molar-refractivity contribution in [3.63, 3.8) is 0 Å². The highest BCUT2D eigenvalue weighted by atomic mass is 35.5. The number of piperazine rings is 1. The zero-order valence-electron chi connectivity index (χ0n) is 11.7. The van der Waals surface area contributed by atoms with Crippen molar-refractivity contribution in [2.24, 2.45) is 5.92 Å². The van der Waals surface area contributed by atoms with Crippen LogP contribution in [0.1, 0.15) is 30.9 Å². The van der Waals surface area contributed by atoms with Gasteiger partial charge in [-0.15, -0.1) is 12.4 Å². The van der Waals surface area contributed by atoms with E-state index in [-0.39, 0.29) is 29.9 Å². The van der Waals surface area contributed by atoms with Gasteiger partial charge in [-0.05, 0) is 18.8 Å². The second-order valence-electron chi connectivity index (χ2n) is 5.70. The van der Waals surface area contributed by atoms with Crippen molar-refractivity contribution < 1.29 is 13.2 Å². The maximum atomic E-state index is 14.1. The second kappa shape index (κ2) is 6.99. The standard InChI is InChI=1S/C15H19F3N2.ClH/c16-11-8-12(17)14(13(18)9-11)15(10-2-1-3-10)20-6-4-19-5-7-20;/h8-10,15,19H,1-7H2;1H/t15-;/m0./s1. The summed E-state index contributed by atoms with van der Waals surface area (Å²) in [6.07, 6.45) is 3.09. The van der Waals surface area contributed by atoms with Gasteiger partial charge < -0.3 is 5.32 Å². The second-order valence-corrected chi connectivity index (χ2v) is 5.70. The molecule has 1 heterocycles.